The van der Waals surface area contributed by atoms with E-state index in [0.29, 0.717) is 17.9 Å². The van der Waals surface area contributed by atoms with E-state index >= 15 is 0 Å². The molecule has 0 bridgehead atoms. The molecule has 0 spiro atoms. The predicted molar refractivity (Wildman–Crippen MR) is 102 cm³/mol. The van der Waals surface area contributed by atoms with Gasteiger partial charge in [0.1, 0.15) is 0 Å². The third-order valence-corrected chi connectivity index (χ3v) is 5.74. The highest BCUT2D eigenvalue weighted by molar-refractivity contribution is 4.93. The molecule has 4 unspecified atom stereocenters. The van der Waals surface area contributed by atoms with Gasteiger partial charge in [-0.2, -0.15) is 0 Å². The SMILES string of the molecule is CCCC(CC)N1CNCC(C2NNCC2CN(C)CCNC)C1. The molecule has 4 N–H and O–H groups in total. The van der Waals surface area contributed by atoms with Crippen LogP contribution < -0.4 is 21.5 Å². The molecule has 6 nitrogen and oxygen atoms in total. The highest BCUT2D eigenvalue weighted by Gasteiger charge is 2.37. The number of nitrogens with one attached hydrogen (secondary N) is 4. The molecule has 0 radical (unpaired) electrons. The Morgan fingerprint density at radius 1 is 1.29 bits per heavy atom. The zero-order valence-corrected chi connectivity index (χ0v) is 16.3. The van der Waals surface area contributed by atoms with Gasteiger partial charge in [-0.3, -0.25) is 15.8 Å². The zero-order chi connectivity index (χ0) is 17.4. The number of likely N-dealkylation sites (N-methyl/N-ethyl adjacent to an activating group) is 2. The Labute approximate surface area is 149 Å². The average molecular weight is 341 g/mol. The monoisotopic (exact) mass is 340 g/mol. The standard InChI is InChI=1S/C18H40N6/c1-5-7-17(6-2)24-13-15(10-20-14-24)18-16(11-21-22-18)12-23(4)9-8-19-3/h15-22H,5-14H2,1-4H3. The lowest BCUT2D eigenvalue weighted by molar-refractivity contribution is 0.0824. The summed E-state index contributed by atoms with van der Waals surface area (Å²) in [5.41, 5.74) is 7.01. The second kappa shape index (κ2) is 10.7. The van der Waals surface area contributed by atoms with Crippen LogP contribution in [0, 0.1) is 11.8 Å². The Morgan fingerprint density at radius 3 is 2.83 bits per heavy atom. The van der Waals surface area contributed by atoms with Gasteiger partial charge < -0.3 is 15.5 Å². The maximum atomic E-state index is 3.68. The molecule has 4 atom stereocenters. The lowest BCUT2D eigenvalue weighted by Gasteiger charge is -2.41. The molecular formula is C18H40N6. The van der Waals surface area contributed by atoms with E-state index < -0.39 is 0 Å². The predicted octanol–water partition coefficient (Wildman–Crippen LogP) is 0.288. The molecule has 0 aliphatic carbocycles. The van der Waals surface area contributed by atoms with Gasteiger partial charge in [0, 0.05) is 69.9 Å². The maximum Gasteiger partial charge on any atom is 0.0483 e. The second-order valence-electron chi connectivity index (χ2n) is 7.67. The minimum absolute atomic E-state index is 0.566. The van der Waals surface area contributed by atoms with Crippen molar-refractivity contribution in [2.24, 2.45) is 11.8 Å². The molecular weight excluding hydrogens is 300 g/mol. The summed E-state index contributed by atoms with van der Waals surface area (Å²) in [6.45, 7) is 12.5. The molecule has 2 aliphatic rings. The lowest BCUT2D eigenvalue weighted by atomic mass is 9.87. The fourth-order valence-corrected chi connectivity index (χ4v) is 4.35. The van der Waals surface area contributed by atoms with Gasteiger partial charge in [0.05, 0.1) is 0 Å². The van der Waals surface area contributed by atoms with Crippen LogP contribution in [-0.4, -0.2) is 81.9 Å². The summed E-state index contributed by atoms with van der Waals surface area (Å²) >= 11 is 0. The maximum absolute atomic E-state index is 3.68. The average Bonchev–Trinajstić information content (AvgIpc) is 3.06. The van der Waals surface area contributed by atoms with Gasteiger partial charge in [-0.05, 0) is 26.9 Å². The molecule has 2 aliphatic heterocycles. The topological polar surface area (TPSA) is 54.6 Å². The molecule has 0 aromatic heterocycles. The molecule has 142 valence electrons. The largest absolute Gasteiger partial charge is 0.318 e. The fourth-order valence-electron chi connectivity index (χ4n) is 4.35. The first-order chi connectivity index (χ1) is 11.7. The minimum atomic E-state index is 0.566. The lowest BCUT2D eigenvalue weighted by Crippen LogP contribution is -2.57. The van der Waals surface area contributed by atoms with Crippen molar-refractivity contribution in [3.8, 4) is 0 Å². The number of rotatable bonds is 10. The molecule has 2 fully saturated rings. The van der Waals surface area contributed by atoms with E-state index in [9.17, 15) is 0 Å². The van der Waals surface area contributed by atoms with Crippen molar-refractivity contribution in [3.05, 3.63) is 0 Å². The third kappa shape index (κ3) is 5.64. The van der Waals surface area contributed by atoms with Crippen molar-refractivity contribution >= 4 is 0 Å². The van der Waals surface area contributed by atoms with E-state index in [-0.39, 0.29) is 0 Å². The van der Waals surface area contributed by atoms with E-state index in [4.69, 9.17) is 0 Å². The van der Waals surface area contributed by atoms with Crippen molar-refractivity contribution in [2.75, 3.05) is 60.0 Å². The van der Waals surface area contributed by atoms with Crippen LogP contribution >= 0.6 is 0 Å². The van der Waals surface area contributed by atoms with Gasteiger partial charge in [-0.25, -0.2) is 0 Å². The van der Waals surface area contributed by atoms with Gasteiger partial charge in [0.2, 0.25) is 0 Å². The molecule has 0 amide bonds. The molecule has 0 saturated carbocycles. The van der Waals surface area contributed by atoms with E-state index in [1.54, 1.807) is 0 Å². The minimum Gasteiger partial charge on any atom is -0.318 e. The first-order valence-corrected chi connectivity index (χ1v) is 9.95. The van der Waals surface area contributed by atoms with Crippen molar-refractivity contribution in [2.45, 2.75) is 45.2 Å². The molecule has 0 aromatic carbocycles. The Balaban J connectivity index is 1.88. The first-order valence-electron chi connectivity index (χ1n) is 9.95. The molecule has 0 aromatic rings. The van der Waals surface area contributed by atoms with Crippen LogP contribution in [0.4, 0.5) is 0 Å². The summed E-state index contributed by atoms with van der Waals surface area (Å²) in [4.78, 5) is 5.14. The third-order valence-electron chi connectivity index (χ3n) is 5.74. The van der Waals surface area contributed by atoms with Gasteiger partial charge in [0.25, 0.3) is 0 Å². The number of hydrazine groups is 1. The molecule has 2 saturated heterocycles. The Morgan fingerprint density at radius 2 is 2.12 bits per heavy atom. The summed E-state index contributed by atoms with van der Waals surface area (Å²) in [6.07, 6.45) is 3.86. The van der Waals surface area contributed by atoms with Crippen LogP contribution in [0.25, 0.3) is 0 Å². The van der Waals surface area contributed by atoms with Crippen LogP contribution in [0.5, 0.6) is 0 Å². The summed E-state index contributed by atoms with van der Waals surface area (Å²) in [5.74, 6) is 1.37. The highest BCUT2D eigenvalue weighted by Crippen LogP contribution is 2.23. The first kappa shape index (κ1) is 20.1. The summed E-state index contributed by atoms with van der Waals surface area (Å²) in [6, 6.07) is 1.30. The summed E-state index contributed by atoms with van der Waals surface area (Å²) in [5, 5.41) is 6.92. The Kier molecular flexibility index (Phi) is 8.94. The van der Waals surface area contributed by atoms with Crippen LogP contribution in [0.1, 0.15) is 33.1 Å². The number of hydrogen-bond acceptors (Lipinski definition) is 6. The Hall–Kier alpha value is -0.240. The van der Waals surface area contributed by atoms with Gasteiger partial charge >= 0.3 is 0 Å². The fraction of sp³-hybridized carbons (Fsp3) is 1.00. The normalized spacial score (nSPS) is 30.1. The highest BCUT2D eigenvalue weighted by atomic mass is 15.4. The van der Waals surface area contributed by atoms with E-state index in [2.05, 4.69) is 52.2 Å². The number of nitrogens with zero attached hydrogens (tertiary/aromatic N) is 2. The Bertz CT molecular complexity index is 339. The van der Waals surface area contributed by atoms with Gasteiger partial charge in [0.15, 0.2) is 0 Å². The molecule has 24 heavy (non-hydrogen) atoms. The van der Waals surface area contributed by atoms with E-state index in [0.717, 1.165) is 45.4 Å². The van der Waals surface area contributed by atoms with Crippen molar-refractivity contribution in [1.82, 2.24) is 31.3 Å². The van der Waals surface area contributed by atoms with E-state index in [1.807, 2.05) is 7.05 Å². The summed E-state index contributed by atoms with van der Waals surface area (Å²) < 4.78 is 0. The van der Waals surface area contributed by atoms with Crippen LogP contribution in [0.15, 0.2) is 0 Å². The van der Waals surface area contributed by atoms with Crippen molar-refractivity contribution in [3.63, 3.8) is 0 Å². The number of hydrogen-bond donors (Lipinski definition) is 4. The van der Waals surface area contributed by atoms with Gasteiger partial charge in [-0.1, -0.05) is 20.3 Å². The van der Waals surface area contributed by atoms with E-state index in [1.165, 1.54) is 25.8 Å². The van der Waals surface area contributed by atoms with Crippen LogP contribution in [0.3, 0.4) is 0 Å². The van der Waals surface area contributed by atoms with Crippen molar-refractivity contribution in [1.29, 1.82) is 0 Å². The smallest absolute Gasteiger partial charge is 0.0483 e. The summed E-state index contributed by atoms with van der Waals surface area (Å²) in [7, 11) is 4.27. The quantitative estimate of drug-likeness (QED) is 0.459. The van der Waals surface area contributed by atoms with Crippen LogP contribution in [0.2, 0.25) is 0 Å². The molecule has 2 heterocycles. The molecule has 6 heteroatoms. The van der Waals surface area contributed by atoms with Crippen LogP contribution in [-0.2, 0) is 0 Å². The zero-order valence-electron chi connectivity index (χ0n) is 16.3. The van der Waals surface area contributed by atoms with Gasteiger partial charge in [-0.15, -0.1) is 0 Å². The van der Waals surface area contributed by atoms with Crippen molar-refractivity contribution < 1.29 is 0 Å². The molecule has 2 rings (SSSR count). The second-order valence-corrected chi connectivity index (χ2v) is 7.67.